The Kier molecular flexibility index (Phi) is 9.46. The molecule has 1 aromatic rings. The number of benzene rings is 1. The minimum atomic E-state index is -0.382. The number of rotatable bonds is 10. The molecule has 0 radical (unpaired) electrons. The smallest absolute Gasteiger partial charge is 0.412 e. The summed E-state index contributed by atoms with van der Waals surface area (Å²) >= 11 is 0. The van der Waals surface area contributed by atoms with Crippen molar-refractivity contribution < 1.29 is 14.3 Å². The highest BCUT2D eigenvalue weighted by Crippen LogP contribution is 2.29. The number of nitrogens with zero attached hydrogens (tertiary/aromatic N) is 1. The maximum Gasteiger partial charge on any atom is 0.412 e. The Morgan fingerprint density at radius 1 is 1.15 bits per heavy atom. The van der Waals surface area contributed by atoms with Crippen LogP contribution in [0.5, 0.6) is 5.75 Å². The average molecular weight is 377 g/mol. The van der Waals surface area contributed by atoms with Gasteiger partial charge in [-0.2, -0.15) is 0 Å². The largest absolute Gasteiger partial charge is 0.491 e. The van der Waals surface area contributed by atoms with Crippen molar-refractivity contribution >= 4 is 11.8 Å². The second-order valence-corrected chi connectivity index (χ2v) is 7.78. The van der Waals surface area contributed by atoms with Crippen molar-refractivity contribution in [2.75, 3.05) is 32.6 Å². The van der Waals surface area contributed by atoms with Crippen LogP contribution in [-0.4, -0.2) is 44.3 Å². The number of unbranched alkanes of at least 4 members (excludes halogenated alkanes) is 3. The van der Waals surface area contributed by atoms with Gasteiger partial charge in [-0.25, -0.2) is 4.79 Å². The summed E-state index contributed by atoms with van der Waals surface area (Å²) in [5, 5.41) is 2.88. The second kappa shape index (κ2) is 11.9. The molecule has 27 heavy (non-hydrogen) atoms. The molecule has 2 unspecified atom stereocenters. The fraction of sp³-hybridized carbons (Fsp3) is 0.682. The maximum absolute atomic E-state index is 12.5. The zero-order valence-electron chi connectivity index (χ0n) is 17.2. The lowest BCUT2D eigenvalue weighted by Crippen LogP contribution is -2.37. The Balaban J connectivity index is 1.87. The fourth-order valence-electron chi connectivity index (χ4n) is 3.69. The third kappa shape index (κ3) is 7.79. The highest BCUT2D eigenvalue weighted by Gasteiger charge is 2.28. The molecule has 0 heterocycles. The van der Waals surface area contributed by atoms with Crippen LogP contribution in [-0.2, 0) is 4.74 Å². The summed E-state index contributed by atoms with van der Waals surface area (Å²) in [6, 6.07) is 7.58. The first-order valence-corrected chi connectivity index (χ1v) is 10.4. The van der Waals surface area contributed by atoms with E-state index in [9.17, 15) is 4.79 Å². The van der Waals surface area contributed by atoms with Crippen LogP contribution in [0, 0.1) is 5.92 Å². The first kappa shape index (κ1) is 21.5. The van der Waals surface area contributed by atoms with Crippen LogP contribution in [0.4, 0.5) is 10.5 Å². The summed E-state index contributed by atoms with van der Waals surface area (Å²) < 4.78 is 11.7. The zero-order valence-corrected chi connectivity index (χ0v) is 17.2. The van der Waals surface area contributed by atoms with E-state index in [-0.39, 0.29) is 12.2 Å². The number of amides is 1. The summed E-state index contributed by atoms with van der Waals surface area (Å²) in [7, 11) is 4.14. The van der Waals surface area contributed by atoms with E-state index in [4.69, 9.17) is 9.47 Å². The van der Waals surface area contributed by atoms with E-state index in [0.717, 1.165) is 32.2 Å². The summed E-state index contributed by atoms with van der Waals surface area (Å²) in [5.74, 6) is 1.11. The van der Waals surface area contributed by atoms with Gasteiger partial charge in [-0.05, 0) is 51.9 Å². The Bertz CT molecular complexity index is 562. The first-order valence-electron chi connectivity index (χ1n) is 10.4. The number of carbonyl (C=O) groups excluding carboxylic acids is 1. The lowest BCUT2D eigenvalue weighted by Gasteiger charge is -2.32. The third-order valence-corrected chi connectivity index (χ3v) is 5.08. The molecule has 0 saturated heterocycles. The molecular weight excluding hydrogens is 340 g/mol. The SMILES string of the molecule is CCCCCCOc1ccccc1NC(=O)OC1CCCCC1CN(C)C. The van der Waals surface area contributed by atoms with Gasteiger partial charge in [-0.3, -0.25) is 5.32 Å². The van der Waals surface area contributed by atoms with Gasteiger partial charge in [0, 0.05) is 12.5 Å². The van der Waals surface area contributed by atoms with E-state index >= 15 is 0 Å². The summed E-state index contributed by atoms with van der Waals surface area (Å²) in [6.45, 7) is 3.82. The molecule has 0 spiro atoms. The number of anilines is 1. The topological polar surface area (TPSA) is 50.8 Å². The highest BCUT2D eigenvalue weighted by molar-refractivity contribution is 5.86. The number of nitrogens with one attached hydrogen (secondary N) is 1. The Morgan fingerprint density at radius 2 is 1.93 bits per heavy atom. The van der Waals surface area contributed by atoms with Crippen molar-refractivity contribution in [1.82, 2.24) is 4.90 Å². The normalized spacial score (nSPS) is 19.7. The van der Waals surface area contributed by atoms with Gasteiger partial charge in [-0.15, -0.1) is 0 Å². The van der Waals surface area contributed by atoms with Gasteiger partial charge in [0.2, 0.25) is 0 Å². The Labute approximate surface area is 164 Å². The van der Waals surface area contributed by atoms with Gasteiger partial charge in [0.15, 0.2) is 0 Å². The Morgan fingerprint density at radius 3 is 2.70 bits per heavy atom. The summed E-state index contributed by atoms with van der Waals surface area (Å²) in [4.78, 5) is 14.6. The second-order valence-electron chi connectivity index (χ2n) is 7.78. The van der Waals surface area contributed by atoms with E-state index in [0.29, 0.717) is 24.0 Å². The van der Waals surface area contributed by atoms with Crippen molar-refractivity contribution in [2.45, 2.75) is 64.4 Å². The van der Waals surface area contributed by atoms with E-state index < -0.39 is 0 Å². The molecule has 1 fully saturated rings. The molecule has 1 amide bonds. The zero-order chi connectivity index (χ0) is 19.5. The minimum absolute atomic E-state index is 0.0109. The highest BCUT2D eigenvalue weighted by atomic mass is 16.6. The molecule has 1 aromatic carbocycles. The Hall–Kier alpha value is -1.75. The molecule has 2 rings (SSSR count). The molecule has 2 atom stereocenters. The van der Waals surface area contributed by atoms with Crippen molar-refractivity contribution in [3.63, 3.8) is 0 Å². The molecule has 152 valence electrons. The van der Waals surface area contributed by atoms with Gasteiger partial charge < -0.3 is 14.4 Å². The predicted octanol–water partition coefficient (Wildman–Crippen LogP) is 5.31. The number of hydrogen-bond donors (Lipinski definition) is 1. The number of hydrogen-bond acceptors (Lipinski definition) is 4. The first-order chi connectivity index (χ1) is 13.1. The maximum atomic E-state index is 12.5. The molecular formula is C22H36N2O3. The standard InChI is InChI=1S/C22H36N2O3/c1-4-5-6-11-16-26-21-15-10-8-13-19(21)23-22(25)27-20-14-9-7-12-18(20)17-24(2)3/h8,10,13,15,18,20H,4-7,9,11-12,14,16-17H2,1-3H3,(H,23,25). The molecule has 1 saturated carbocycles. The van der Waals surface area contributed by atoms with E-state index in [1.807, 2.05) is 24.3 Å². The van der Waals surface area contributed by atoms with Gasteiger partial charge in [-0.1, -0.05) is 44.7 Å². The molecule has 0 aliphatic heterocycles. The average Bonchev–Trinajstić information content (AvgIpc) is 2.64. The van der Waals surface area contributed by atoms with E-state index in [2.05, 4.69) is 31.2 Å². The van der Waals surface area contributed by atoms with Gasteiger partial charge in [0.1, 0.15) is 11.9 Å². The van der Waals surface area contributed by atoms with Crippen LogP contribution >= 0.6 is 0 Å². The van der Waals surface area contributed by atoms with Gasteiger partial charge in [0.05, 0.1) is 12.3 Å². The van der Waals surface area contributed by atoms with Crippen molar-refractivity contribution in [3.05, 3.63) is 24.3 Å². The minimum Gasteiger partial charge on any atom is -0.491 e. The lowest BCUT2D eigenvalue weighted by molar-refractivity contribution is 0.0357. The molecule has 0 aromatic heterocycles. The van der Waals surface area contributed by atoms with Crippen molar-refractivity contribution in [2.24, 2.45) is 5.92 Å². The molecule has 1 N–H and O–H groups in total. The van der Waals surface area contributed by atoms with Crippen LogP contribution < -0.4 is 10.1 Å². The predicted molar refractivity (Wildman–Crippen MR) is 110 cm³/mol. The van der Waals surface area contributed by atoms with Crippen LogP contribution in [0.3, 0.4) is 0 Å². The van der Waals surface area contributed by atoms with Gasteiger partial charge in [0.25, 0.3) is 0 Å². The monoisotopic (exact) mass is 376 g/mol. The molecule has 0 bridgehead atoms. The number of ether oxygens (including phenoxy) is 2. The summed E-state index contributed by atoms with van der Waals surface area (Å²) in [6.07, 6.45) is 8.65. The molecule has 5 heteroatoms. The quantitative estimate of drug-likeness (QED) is 0.562. The molecule has 1 aliphatic rings. The van der Waals surface area contributed by atoms with Gasteiger partial charge >= 0.3 is 6.09 Å². The van der Waals surface area contributed by atoms with Crippen LogP contribution in [0.2, 0.25) is 0 Å². The number of carbonyl (C=O) groups is 1. The van der Waals surface area contributed by atoms with Crippen molar-refractivity contribution in [3.8, 4) is 5.75 Å². The van der Waals surface area contributed by atoms with E-state index in [1.165, 1.54) is 25.7 Å². The summed E-state index contributed by atoms with van der Waals surface area (Å²) in [5.41, 5.74) is 0.679. The fourth-order valence-corrected chi connectivity index (χ4v) is 3.69. The van der Waals surface area contributed by atoms with E-state index in [1.54, 1.807) is 0 Å². The molecule has 1 aliphatic carbocycles. The van der Waals surface area contributed by atoms with Crippen LogP contribution in [0.1, 0.15) is 58.3 Å². The number of para-hydroxylation sites is 2. The van der Waals surface area contributed by atoms with Crippen molar-refractivity contribution in [1.29, 1.82) is 0 Å². The molecule has 5 nitrogen and oxygen atoms in total. The third-order valence-electron chi connectivity index (χ3n) is 5.08. The lowest BCUT2D eigenvalue weighted by atomic mass is 9.86. The van der Waals surface area contributed by atoms with Crippen LogP contribution in [0.15, 0.2) is 24.3 Å². The van der Waals surface area contributed by atoms with Crippen LogP contribution in [0.25, 0.3) is 0 Å².